The van der Waals surface area contributed by atoms with Crippen molar-refractivity contribution in [3.63, 3.8) is 0 Å². The Hall–Kier alpha value is -1.33. The topological polar surface area (TPSA) is 47.0 Å². The summed E-state index contributed by atoms with van der Waals surface area (Å²) in [6, 6.07) is 5.57. The molecule has 2 aromatic rings. The second-order valence-electron chi connectivity index (χ2n) is 3.77. The van der Waals surface area contributed by atoms with Gasteiger partial charge in [-0.2, -0.15) is 0 Å². The first-order valence-electron chi connectivity index (χ1n) is 5.66. The monoisotopic (exact) mass is 284 g/mol. The summed E-state index contributed by atoms with van der Waals surface area (Å²) in [6.07, 6.45) is 0.293. The lowest BCUT2D eigenvalue weighted by molar-refractivity contribution is -0.143. The van der Waals surface area contributed by atoms with Crippen LogP contribution < -0.4 is 0 Å². The number of halogens is 1. The number of esters is 1. The Morgan fingerprint density at radius 2 is 2.33 bits per heavy atom. The minimum absolute atomic E-state index is 0.226. The Labute approximate surface area is 115 Å². The van der Waals surface area contributed by atoms with E-state index in [4.69, 9.17) is 28.6 Å². The van der Waals surface area contributed by atoms with Gasteiger partial charge in [0.25, 0.3) is 0 Å². The first-order valence-corrected chi connectivity index (χ1v) is 6.44. The number of hydrogen-bond acceptors (Lipinski definition) is 3. The lowest BCUT2D eigenvalue weighted by Gasteiger charge is -2.04. The molecule has 1 N–H and O–H groups in total. The van der Waals surface area contributed by atoms with Crippen molar-refractivity contribution in [1.29, 1.82) is 0 Å². The summed E-state index contributed by atoms with van der Waals surface area (Å²) < 4.78 is 7.31. The van der Waals surface area contributed by atoms with E-state index in [2.05, 4.69) is 4.98 Å². The van der Waals surface area contributed by atoms with Crippen LogP contribution in [0.3, 0.4) is 0 Å². The highest BCUT2D eigenvalue weighted by molar-refractivity contribution is 7.71. The molecule has 1 heterocycles. The molecule has 6 heteroatoms. The second kappa shape index (κ2) is 5.54. The van der Waals surface area contributed by atoms with Crippen LogP contribution in [0.5, 0.6) is 0 Å². The van der Waals surface area contributed by atoms with Gasteiger partial charge in [0.05, 0.1) is 29.1 Å². The van der Waals surface area contributed by atoms with Crippen LogP contribution in [0.4, 0.5) is 0 Å². The van der Waals surface area contributed by atoms with Gasteiger partial charge in [0.1, 0.15) is 0 Å². The summed E-state index contributed by atoms with van der Waals surface area (Å²) in [5.74, 6) is -0.226. The summed E-state index contributed by atoms with van der Waals surface area (Å²) in [5, 5.41) is 0.619. The third-order valence-corrected chi connectivity index (χ3v) is 3.24. The molecule has 0 saturated carbocycles. The third-order valence-electron chi connectivity index (χ3n) is 2.60. The summed E-state index contributed by atoms with van der Waals surface area (Å²) >= 11 is 11.3. The zero-order chi connectivity index (χ0) is 13.1. The van der Waals surface area contributed by atoms with Crippen molar-refractivity contribution >= 4 is 40.8 Å². The molecule has 0 spiro atoms. The number of imidazole rings is 1. The molecule has 0 aliphatic rings. The Balaban J connectivity index is 2.28. The second-order valence-corrected chi connectivity index (χ2v) is 4.56. The Morgan fingerprint density at radius 1 is 1.56 bits per heavy atom. The maximum Gasteiger partial charge on any atom is 0.307 e. The number of para-hydroxylation sites is 1. The lowest BCUT2D eigenvalue weighted by Crippen LogP contribution is -2.08. The van der Waals surface area contributed by atoms with Gasteiger partial charge in [-0.15, -0.1) is 0 Å². The SMILES string of the molecule is CCOC(=O)CCn1c(=S)[nH]c2c(Cl)cccc21. The van der Waals surface area contributed by atoms with Crippen LogP contribution in [-0.4, -0.2) is 22.1 Å². The molecule has 0 aliphatic carbocycles. The van der Waals surface area contributed by atoms with Gasteiger partial charge in [0.2, 0.25) is 0 Å². The van der Waals surface area contributed by atoms with E-state index in [0.29, 0.717) is 29.4 Å². The maximum atomic E-state index is 11.3. The normalized spacial score (nSPS) is 10.8. The molecule has 0 amide bonds. The predicted octanol–water partition coefficient (Wildman–Crippen LogP) is 3.31. The van der Waals surface area contributed by atoms with E-state index in [-0.39, 0.29) is 5.97 Å². The Morgan fingerprint density at radius 3 is 3.06 bits per heavy atom. The zero-order valence-corrected chi connectivity index (χ0v) is 11.5. The summed E-state index contributed by atoms with van der Waals surface area (Å²) in [7, 11) is 0. The van der Waals surface area contributed by atoms with Crippen LogP contribution in [0.25, 0.3) is 11.0 Å². The predicted molar refractivity (Wildman–Crippen MR) is 73.4 cm³/mol. The number of ether oxygens (including phenoxy) is 1. The van der Waals surface area contributed by atoms with Crippen molar-refractivity contribution < 1.29 is 9.53 Å². The van der Waals surface area contributed by atoms with E-state index in [1.165, 1.54) is 0 Å². The molecule has 0 saturated heterocycles. The number of rotatable bonds is 4. The fourth-order valence-corrected chi connectivity index (χ4v) is 2.31. The fourth-order valence-electron chi connectivity index (χ4n) is 1.80. The molecule has 0 radical (unpaired) electrons. The summed E-state index contributed by atoms with van der Waals surface area (Å²) in [5.41, 5.74) is 1.70. The number of aromatic amines is 1. The highest BCUT2D eigenvalue weighted by Gasteiger charge is 2.09. The highest BCUT2D eigenvalue weighted by atomic mass is 35.5. The number of fused-ring (bicyclic) bond motifs is 1. The zero-order valence-electron chi connectivity index (χ0n) is 9.90. The molecule has 4 nitrogen and oxygen atoms in total. The first-order chi connectivity index (χ1) is 8.63. The molecule has 2 rings (SSSR count). The molecule has 96 valence electrons. The van der Waals surface area contributed by atoms with Gasteiger partial charge in [-0.25, -0.2) is 0 Å². The molecule has 0 bridgehead atoms. The van der Waals surface area contributed by atoms with Gasteiger partial charge in [0.15, 0.2) is 4.77 Å². The molecule has 0 aliphatic heterocycles. The van der Waals surface area contributed by atoms with Crippen molar-refractivity contribution in [2.24, 2.45) is 0 Å². The fraction of sp³-hybridized carbons (Fsp3) is 0.333. The Kier molecular flexibility index (Phi) is 4.04. The number of aromatic nitrogens is 2. The Bertz CT molecular complexity index is 633. The van der Waals surface area contributed by atoms with E-state index in [0.717, 1.165) is 11.0 Å². The van der Waals surface area contributed by atoms with Crippen LogP contribution in [0.2, 0.25) is 5.02 Å². The highest BCUT2D eigenvalue weighted by Crippen LogP contribution is 2.22. The smallest absolute Gasteiger partial charge is 0.307 e. The van der Waals surface area contributed by atoms with Crippen LogP contribution in [0.1, 0.15) is 13.3 Å². The van der Waals surface area contributed by atoms with Crippen molar-refractivity contribution in [2.75, 3.05) is 6.61 Å². The number of aryl methyl sites for hydroxylation is 1. The summed E-state index contributed by atoms with van der Waals surface area (Å²) in [6.45, 7) is 2.66. The standard InChI is InChI=1S/C12H13ClN2O2S/c1-2-17-10(16)6-7-15-9-5-3-4-8(13)11(9)14-12(15)18/h3-5H,2,6-7H2,1H3,(H,14,18). The van der Waals surface area contributed by atoms with Crippen molar-refractivity contribution in [3.05, 3.63) is 28.0 Å². The minimum atomic E-state index is -0.226. The molecule has 0 atom stereocenters. The number of carbonyl (C=O) groups is 1. The largest absolute Gasteiger partial charge is 0.466 e. The van der Waals surface area contributed by atoms with Gasteiger partial charge < -0.3 is 14.3 Å². The van der Waals surface area contributed by atoms with E-state index in [9.17, 15) is 4.79 Å². The average molecular weight is 285 g/mol. The van der Waals surface area contributed by atoms with Crippen molar-refractivity contribution in [1.82, 2.24) is 9.55 Å². The minimum Gasteiger partial charge on any atom is -0.466 e. The molecule has 18 heavy (non-hydrogen) atoms. The number of nitrogens with zero attached hydrogens (tertiary/aromatic N) is 1. The van der Waals surface area contributed by atoms with Crippen molar-refractivity contribution in [2.45, 2.75) is 19.9 Å². The average Bonchev–Trinajstić information content (AvgIpc) is 2.65. The molecule has 0 unspecified atom stereocenters. The summed E-state index contributed by atoms with van der Waals surface area (Å²) in [4.78, 5) is 14.4. The van der Waals surface area contributed by atoms with Crippen LogP contribution in [-0.2, 0) is 16.1 Å². The van der Waals surface area contributed by atoms with Crippen LogP contribution in [0, 0.1) is 4.77 Å². The van der Waals surface area contributed by atoms with Crippen LogP contribution >= 0.6 is 23.8 Å². The number of benzene rings is 1. The maximum absolute atomic E-state index is 11.3. The van der Waals surface area contributed by atoms with Gasteiger partial charge in [-0.1, -0.05) is 17.7 Å². The van der Waals surface area contributed by atoms with E-state index in [1.807, 2.05) is 16.7 Å². The van der Waals surface area contributed by atoms with Crippen molar-refractivity contribution in [3.8, 4) is 0 Å². The number of H-pyrrole nitrogens is 1. The van der Waals surface area contributed by atoms with E-state index < -0.39 is 0 Å². The first kappa shape index (κ1) is 13.1. The number of hydrogen-bond donors (Lipinski definition) is 1. The van der Waals surface area contributed by atoms with E-state index >= 15 is 0 Å². The number of nitrogens with one attached hydrogen (secondary N) is 1. The molecular weight excluding hydrogens is 272 g/mol. The van der Waals surface area contributed by atoms with Gasteiger partial charge in [0, 0.05) is 6.54 Å². The molecule has 1 aromatic carbocycles. The molecule has 1 aromatic heterocycles. The lowest BCUT2D eigenvalue weighted by atomic mass is 10.3. The molecule has 0 fully saturated rings. The van der Waals surface area contributed by atoms with E-state index in [1.54, 1.807) is 13.0 Å². The van der Waals surface area contributed by atoms with Gasteiger partial charge in [-0.05, 0) is 31.3 Å². The van der Waals surface area contributed by atoms with Gasteiger partial charge in [-0.3, -0.25) is 4.79 Å². The van der Waals surface area contributed by atoms with Crippen LogP contribution in [0.15, 0.2) is 18.2 Å². The van der Waals surface area contributed by atoms with Gasteiger partial charge >= 0.3 is 5.97 Å². The molecular formula is C12H13ClN2O2S. The quantitative estimate of drug-likeness (QED) is 0.692. The third kappa shape index (κ3) is 2.57. The number of carbonyl (C=O) groups excluding carboxylic acids is 1.